The van der Waals surface area contributed by atoms with Crippen LogP contribution in [0.4, 0.5) is 0 Å². The fourth-order valence-electron chi connectivity index (χ4n) is 6.11. The molecule has 2 aliphatic heterocycles. The van der Waals surface area contributed by atoms with Crippen LogP contribution in [0.3, 0.4) is 0 Å². The van der Waals surface area contributed by atoms with E-state index in [2.05, 4.69) is 16.0 Å². The molecule has 3 heterocycles. The minimum Gasteiger partial charge on any atom is -0.417 e. The number of fused-ring (bicyclic) bond motifs is 2. The molecule has 5 atom stereocenters. The molecule has 2 aromatic rings. The Kier molecular flexibility index (Phi) is 11.2. The molecule has 11 nitrogen and oxygen atoms in total. The summed E-state index contributed by atoms with van der Waals surface area (Å²) in [5, 5.41) is 9.69. The van der Waals surface area contributed by atoms with Crippen LogP contribution in [0.15, 0.2) is 30.5 Å². The molecule has 1 unspecified atom stereocenters. The molecule has 0 aliphatic carbocycles. The van der Waals surface area contributed by atoms with E-state index < -0.39 is 36.0 Å². The molecule has 4 rings (SSSR count). The number of rotatable bonds is 11. The van der Waals surface area contributed by atoms with E-state index in [1.807, 2.05) is 38.1 Å². The molecule has 0 bridgehead atoms. The van der Waals surface area contributed by atoms with Gasteiger partial charge < -0.3 is 30.5 Å². The van der Waals surface area contributed by atoms with Crippen LogP contribution in [0.1, 0.15) is 77.2 Å². The molecule has 0 spiro atoms. The van der Waals surface area contributed by atoms with E-state index >= 15 is 0 Å². The fraction of sp³-hybridized carbons (Fsp3) is 0.594. The van der Waals surface area contributed by atoms with Gasteiger partial charge in [0.15, 0.2) is 0 Å². The van der Waals surface area contributed by atoms with Crippen molar-refractivity contribution in [2.24, 2.45) is 5.92 Å². The van der Waals surface area contributed by atoms with Crippen LogP contribution in [0.5, 0.6) is 0 Å². The van der Waals surface area contributed by atoms with E-state index in [-0.39, 0.29) is 24.2 Å². The van der Waals surface area contributed by atoms with Gasteiger partial charge in [0.25, 0.3) is 0 Å². The molecule has 43 heavy (non-hydrogen) atoms. The zero-order valence-electron chi connectivity index (χ0n) is 25.5. The summed E-state index contributed by atoms with van der Waals surface area (Å²) in [6.45, 7) is 4.29. The number of nitrogens with one attached hydrogen (secondary N) is 3. The maximum absolute atomic E-state index is 14.0. The van der Waals surface area contributed by atoms with Crippen molar-refractivity contribution in [3.8, 4) is 0 Å². The number of unbranched alkanes of at least 4 members (excludes halogenated alkanes) is 3. The molecular weight excluding hydrogens is 550 g/mol. The van der Waals surface area contributed by atoms with Gasteiger partial charge in [-0.25, -0.2) is 0 Å². The van der Waals surface area contributed by atoms with Crippen LogP contribution in [-0.2, 0) is 30.4 Å². The van der Waals surface area contributed by atoms with Crippen LogP contribution < -0.4 is 20.8 Å². The zero-order valence-corrected chi connectivity index (χ0v) is 25.5. The van der Waals surface area contributed by atoms with Gasteiger partial charge in [-0.05, 0) is 49.7 Å². The Bertz CT molecular complexity index is 1310. The standard InChI is InChI=1S/C32H45N5O6/c1-4-21(2)28-32(42)36-17-11-10-16-27(36)31(41)33-24(14-7-5-6-12-18-38)29(39)34-25(30(40)35-28)19-22-20-37(43-3)26-15-9-8-13-23(22)26/h8-9,13,15,18,20-21,24-25,27-28H,4-7,10-12,14,16-17,19H2,1-3H3,(H,33,41)(H,34,39)(H,35,40)/t21?,24-,25-,27+,28-/m0/s1. The van der Waals surface area contributed by atoms with Crippen molar-refractivity contribution >= 4 is 40.8 Å². The molecule has 3 N–H and O–H groups in total. The number of carbonyl (C=O) groups excluding carboxylic acids is 5. The second-order valence-corrected chi connectivity index (χ2v) is 11.7. The first-order valence-corrected chi connectivity index (χ1v) is 15.6. The molecular formula is C32H45N5O6. The number of aldehydes is 1. The van der Waals surface area contributed by atoms with Crippen LogP contribution in [-0.4, -0.2) is 77.4 Å². The summed E-state index contributed by atoms with van der Waals surface area (Å²) in [5.74, 6) is -1.71. The van der Waals surface area contributed by atoms with Gasteiger partial charge in [-0.2, -0.15) is 4.73 Å². The van der Waals surface area contributed by atoms with Gasteiger partial charge in [0, 0.05) is 31.0 Å². The highest BCUT2D eigenvalue weighted by atomic mass is 16.6. The van der Waals surface area contributed by atoms with Crippen molar-refractivity contribution in [2.45, 2.75) is 102 Å². The molecule has 2 saturated heterocycles. The average molecular weight is 596 g/mol. The number of hydrogen-bond donors (Lipinski definition) is 3. The Balaban J connectivity index is 1.69. The maximum atomic E-state index is 14.0. The van der Waals surface area contributed by atoms with E-state index in [4.69, 9.17) is 4.84 Å². The van der Waals surface area contributed by atoms with Gasteiger partial charge in [0.05, 0.1) is 5.52 Å². The summed E-state index contributed by atoms with van der Waals surface area (Å²) in [7, 11) is 1.55. The lowest BCUT2D eigenvalue weighted by molar-refractivity contribution is -0.147. The summed E-state index contributed by atoms with van der Waals surface area (Å²) < 4.78 is 1.62. The van der Waals surface area contributed by atoms with Gasteiger partial charge in [0.1, 0.15) is 37.6 Å². The number of aromatic nitrogens is 1. The minimum atomic E-state index is -1.01. The quantitative estimate of drug-likeness (QED) is 0.269. The molecule has 2 aliphatic rings. The number of benzene rings is 1. The number of hydrogen-bond acceptors (Lipinski definition) is 6. The average Bonchev–Trinajstić information content (AvgIpc) is 3.38. The SMILES string of the molecule is CCC(C)[C@@H]1NC(=O)[C@H](Cc2cn(OC)c3ccccc23)NC(=O)[C@H](CCCCCC=O)NC(=O)[C@H]2CCCCN2C1=O. The van der Waals surface area contributed by atoms with Crippen molar-refractivity contribution in [1.29, 1.82) is 0 Å². The lowest BCUT2D eigenvalue weighted by atomic mass is 9.93. The van der Waals surface area contributed by atoms with Crippen molar-refractivity contribution in [1.82, 2.24) is 25.6 Å². The zero-order chi connectivity index (χ0) is 30.9. The predicted octanol–water partition coefficient (Wildman–Crippen LogP) is 2.29. The summed E-state index contributed by atoms with van der Waals surface area (Å²) in [6.07, 6.45) is 8.36. The summed E-state index contributed by atoms with van der Waals surface area (Å²) >= 11 is 0. The Morgan fingerprint density at radius 3 is 2.47 bits per heavy atom. The minimum absolute atomic E-state index is 0.155. The van der Waals surface area contributed by atoms with Crippen LogP contribution in [0, 0.1) is 5.92 Å². The monoisotopic (exact) mass is 595 g/mol. The fourth-order valence-corrected chi connectivity index (χ4v) is 6.11. The van der Waals surface area contributed by atoms with E-state index in [9.17, 15) is 24.0 Å². The summed E-state index contributed by atoms with van der Waals surface area (Å²) in [5.41, 5.74) is 1.62. The Morgan fingerprint density at radius 2 is 1.72 bits per heavy atom. The highest BCUT2D eigenvalue weighted by Gasteiger charge is 2.40. The molecule has 0 saturated carbocycles. The van der Waals surface area contributed by atoms with Gasteiger partial charge in [-0.15, -0.1) is 0 Å². The Hall–Kier alpha value is -3.89. The van der Waals surface area contributed by atoms with E-state index in [0.29, 0.717) is 45.1 Å². The van der Waals surface area contributed by atoms with Gasteiger partial charge in [-0.3, -0.25) is 19.2 Å². The second-order valence-electron chi connectivity index (χ2n) is 11.7. The molecule has 1 aromatic carbocycles. The largest absolute Gasteiger partial charge is 0.417 e. The lowest BCUT2D eigenvalue weighted by Gasteiger charge is -2.39. The van der Waals surface area contributed by atoms with E-state index in [1.165, 1.54) is 0 Å². The van der Waals surface area contributed by atoms with Crippen LogP contribution >= 0.6 is 0 Å². The van der Waals surface area contributed by atoms with E-state index in [0.717, 1.165) is 42.0 Å². The number of carbonyl (C=O) groups is 5. The first-order valence-electron chi connectivity index (χ1n) is 15.6. The number of nitrogens with zero attached hydrogens (tertiary/aromatic N) is 2. The predicted molar refractivity (Wildman–Crippen MR) is 162 cm³/mol. The number of para-hydroxylation sites is 1. The lowest BCUT2D eigenvalue weighted by Crippen LogP contribution is -2.64. The van der Waals surface area contributed by atoms with Gasteiger partial charge in [-0.1, -0.05) is 51.3 Å². The van der Waals surface area contributed by atoms with Gasteiger partial charge >= 0.3 is 0 Å². The van der Waals surface area contributed by atoms with Crippen molar-refractivity contribution in [3.63, 3.8) is 0 Å². The Morgan fingerprint density at radius 1 is 0.977 bits per heavy atom. The second kappa shape index (κ2) is 15.0. The number of amides is 4. The van der Waals surface area contributed by atoms with Crippen LogP contribution in [0.25, 0.3) is 10.9 Å². The molecule has 234 valence electrons. The van der Waals surface area contributed by atoms with Crippen LogP contribution in [0.2, 0.25) is 0 Å². The number of piperidine rings is 1. The highest BCUT2D eigenvalue weighted by molar-refractivity contribution is 5.98. The van der Waals surface area contributed by atoms with Crippen molar-refractivity contribution in [2.75, 3.05) is 13.7 Å². The Labute approximate surface area is 253 Å². The smallest absolute Gasteiger partial charge is 0.246 e. The first kappa shape index (κ1) is 32.0. The van der Waals surface area contributed by atoms with Crippen molar-refractivity contribution < 1.29 is 28.8 Å². The maximum Gasteiger partial charge on any atom is 0.246 e. The third-order valence-corrected chi connectivity index (χ3v) is 8.83. The topological polar surface area (TPSA) is 139 Å². The molecule has 0 radical (unpaired) electrons. The molecule has 4 amide bonds. The van der Waals surface area contributed by atoms with E-state index in [1.54, 1.807) is 22.9 Å². The summed E-state index contributed by atoms with van der Waals surface area (Å²) in [6, 6.07) is 4.20. The normalized spacial score (nSPS) is 24.2. The highest BCUT2D eigenvalue weighted by Crippen LogP contribution is 2.24. The molecule has 2 fully saturated rings. The third kappa shape index (κ3) is 7.55. The molecule has 11 heteroatoms. The third-order valence-electron chi connectivity index (χ3n) is 8.83. The van der Waals surface area contributed by atoms with Crippen molar-refractivity contribution in [3.05, 3.63) is 36.0 Å². The molecule has 1 aromatic heterocycles. The van der Waals surface area contributed by atoms with Gasteiger partial charge in [0.2, 0.25) is 23.6 Å². The summed E-state index contributed by atoms with van der Waals surface area (Å²) in [4.78, 5) is 73.2. The first-order chi connectivity index (χ1) is 20.8.